The van der Waals surface area contributed by atoms with Crippen molar-refractivity contribution in [2.24, 2.45) is 0 Å². The van der Waals surface area contributed by atoms with Crippen LogP contribution in [0.4, 0.5) is 17.1 Å². The molecule has 12 aromatic rings. The number of ether oxygens (including phenoxy) is 1. The largest absolute Gasteiger partial charge is 0.457 e. The fourth-order valence-electron chi connectivity index (χ4n) is 11.3. The van der Waals surface area contributed by atoms with E-state index in [9.17, 15) is 0 Å². The molecule has 2 aliphatic rings. The zero-order chi connectivity index (χ0) is 41.9. The molecule has 0 amide bonds. The van der Waals surface area contributed by atoms with Crippen molar-refractivity contribution in [3.63, 3.8) is 0 Å². The van der Waals surface area contributed by atoms with E-state index in [1.54, 1.807) is 0 Å². The van der Waals surface area contributed by atoms with Crippen molar-refractivity contribution in [2.45, 2.75) is 5.41 Å². The first-order valence-electron chi connectivity index (χ1n) is 22.1. The minimum atomic E-state index is -0.610. The number of anilines is 3. The van der Waals surface area contributed by atoms with Crippen LogP contribution in [0, 0.1) is 0 Å². The van der Waals surface area contributed by atoms with Crippen molar-refractivity contribution < 1.29 is 4.74 Å². The Hall–Kier alpha value is -8.40. The molecule has 0 saturated heterocycles. The monoisotopic (exact) mass is 814 g/mol. The molecule has 0 radical (unpaired) electrons. The van der Waals surface area contributed by atoms with Crippen LogP contribution in [0.2, 0.25) is 0 Å². The Morgan fingerprint density at radius 2 is 0.922 bits per heavy atom. The maximum Gasteiger partial charge on any atom is 0.134 e. The average molecular weight is 815 g/mol. The van der Waals surface area contributed by atoms with Crippen LogP contribution < -0.4 is 9.64 Å². The number of aromatic nitrogens is 1. The Morgan fingerprint density at radius 1 is 0.344 bits per heavy atom. The van der Waals surface area contributed by atoms with Gasteiger partial charge in [0.2, 0.25) is 0 Å². The minimum Gasteiger partial charge on any atom is -0.457 e. The van der Waals surface area contributed by atoms with E-state index in [4.69, 9.17) is 4.74 Å². The molecule has 0 N–H and O–H groups in total. The molecule has 0 fully saturated rings. The molecule has 1 spiro atoms. The van der Waals surface area contributed by atoms with E-state index in [0.717, 1.165) is 50.9 Å². The van der Waals surface area contributed by atoms with Crippen LogP contribution in [0.3, 0.4) is 0 Å². The molecule has 11 aromatic carbocycles. The summed E-state index contributed by atoms with van der Waals surface area (Å²) in [6.07, 6.45) is 0. The fourth-order valence-corrected chi connectivity index (χ4v) is 11.3. The summed E-state index contributed by atoms with van der Waals surface area (Å²) < 4.78 is 9.55. The van der Waals surface area contributed by atoms with Crippen LogP contribution in [0.25, 0.3) is 70.9 Å². The lowest BCUT2D eigenvalue weighted by Gasteiger charge is -2.45. The minimum absolute atomic E-state index is 0.610. The number of hydrogen-bond donors (Lipinski definition) is 0. The molecule has 14 rings (SSSR count). The van der Waals surface area contributed by atoms with Crippen molar-refractivity contribution in [1.82, 2.24) is 4.57 Å². The van der Waals surface area contributed by atoms with Gasteiger partial charge in [-0.1, -0.05) is 170 Å². The summed E-state index contributed by atoms with van der Waals surface area (Å²) in [5.41, 5.74) is 13.4. The normalized spacial score (nSPS) is 14.8. The standard InChI is InChI=1S/C61H38N2O/c1-3-15-42-35-44(29-27-39(42)13-1)62(46-31-33-50-49-20-6-9-25-56(49)63(57(50)37-46)45-30-28-40-14-2-4-16-43(40)36-45)47-32-34-54-59(38-47)64-58-26-10-8-23-53(58)61(54)52-22-7-5-19-48(52)51-21-11-17-41-18-12-24-55(61)60(41)51/h1-38H. The maximum atomic E-state index is 7.13. The van der Waals surface area contributed by atoms with Gasteiger partial charge in [-0.3, -0.25) is 0 Å². The van der Waals surface area contributed by atoms with Crippen molar-refractivity contribution in [3.8, 4) is 28.3 Å². The van der Waals surface area contributed by atoms with Gasteiger partial charge in [-0.05, 0) is 109 Å². The Bertz CT molecular complexity index is 3910. The third kappa shape index (κ3) is 4.86. The molecule has 1 unspecified atom stereocenters. The molecule has 0 saturated carbocycles. The highest BCUT2D eigenvalue weighted by Crippen LogP contribution is 2.61. The van der Waals surface area contributed by atoms with Crippen molar-refractivity contribution in [3.05, 3.63) is 253 Å². The highest BCUT2D eigenvalue weighted by atomic mass is 16.5. The number of rotatable bonds is 4. The van der Waals surface area contributed by atoms with Crippen molar-refractivity contribution in [2.75, 3.05) is 4.90 Å². The summed E-state index contributed by atoms with van der Waals surface area (Å²) in [5, 5.41) is 9.81. The van der Waals surface area contributed by atoms with Gasteiger partial charge in [0, 0.05) is 50.7 Å². The van der Waals surface area contributed by atoms with Crippen LogP contribution in [-0.2, 0) is 5.41 Å². The van der Waals surface area contributed by atoms with Gasteiger partial charge >= 0.3 is 0 Å². The van der Waals surface area contributed by atoms with Crippen LogP contribution >= 0.6 is 0 Å². The number of para-hydroxylation sites is 2. The molecule has 1 aliphatic heterocycles. The molecule has 2 heterocycles. The van der Waals surface area contributed by atoms with E-state index in [0.29, 0.717) is 0 Å². The SMILES string of the molecule is c1ccc2c(c1)Oc1cc(N(c3ccc4ccccc4c3)c3ccc4c5ccccc5n(-c5ccc6ccccc6c5)c4c3)ccc1C21c2ccccc2-c2cccc3cccc1c23. The van der Waals surface area contributed by atoms with E-state index in [1.165, 1.54) is 70.9 Å². The number of fused-ring (bicyclic) bond motifs is 13. The Labute approximate surface area is 370 Å². The van der Waals surface area contributed by atoms with Crippen molar-refractivity contribution >= 4 is 71.2 Å². The molecule has 64 heavy (non-hydrogen) atoms. The molecule has 3 nitrogen and oxygen atoms in total. The lowest BCUT2D eigenvalue weighted by atomic mass is 9.58. The molecular formula is C61H38N2O. The summed E-state index contributed by atoms with van der Waals surface area (Å²) in [5.74, 6) is 1.72. The number of benzene rings is 11. The van der Waals surface area contributed by atoms with E-state index >= 15 is 0 Å². The first-order valence-corrected chi connectivity index (χ1v) is 22.1. The molecular weight excluding hydrogens is 777 g/mol. The van der Waals surface area contributed by atoms with Gasteiger partial charge in [0.15, 0.2) is 0 Å². The van der Waals surface area contributed by atoms with E-state index in [-0.39, 0.29) is 0 Å². The van der Waals surface area contributed by atoms with Crippen LogP contribution in [0.15, 0.2) is 231 Å². The van der Waals surface area contributed by atoms with Gasteiger partial charge in [0.1, 0.15) is 11.5 Å². The van der Waals surface area contributed by atoms with E-state index in [2.05, 4.69) is 240 Å². The summed E-state index contributed by atoms with van der Waals surface area (Å²) in [6.45, 7) is 0. The number of hydrogen-bond acceptors (Lipinski definition) is 2. The Kier molecular flexibility index (Phi) is 7.32. The van der Waals surface area contributed by atoms with Gasteiger partial charge in [-0.2, -0.15) is 0 Å². The first-order chi connectivity index (χ1) is 31.7. The number of nitrogens with zero attached hydrogens (tertiary/aromatic N) is 2. The van der Waals surface area contributed by atoms with Crippen molar-refractivity contribution in [1.29, 1.82) is 0 Å². The Balaban J connectivity index is 1.03. The predicted octanol–water partition coefficient (Wildman–Crippen LogP) is 16.2. The molecule has 1 aliphatic carbocycles. The molecule has 1 atom stereocenters. The van der Waals surface area contributed by atoms with Crippen LogP contribution in [0.1, 0.15) is 22.3 Å². The van der Waals surface area contributed by atoms with E-state index < -0.39 is 5.41 Å². The second kappa shape index (κ2) is 13.3. The summed E-state index contributed by atoms with van der Waals surface area (Å²) >= 11 is 0. The second-order valence-electron chi connectivity index (χ2n) is 17.2. The third-order valence-corrected chi connectivity index (χ3v) is 14.0. The molecule has 1 aromatic heterocycles. The highest BCUT2D eigenvalue weighted by Gasteiger charge is 2.49. The highest BCUT2D eigenvalue weighted by molar-refractivity contribution is 6.11. The topological polar surface area (TPSA) is 17.4 Å². The molecule has 3 heteroatoms. The molecule has 298 valence electrons. The smallest absolute Gasteiger partial charge is 0.134 e. The molecule has 0 bridgehead atoms. The quantitative estimate of drug-likeness (QED) is 0.176. The van der Waals surface area contributed by atoms with Gasteiger partial charge in [-0.15, -0.1) is 0 Å². The van der Waals surface area contributed by atoms with Crippen LogP contribution in [-0.4, -0.2) is 4.57 Å². The average Bonchev–Trinajstić information content (AvgIpc) is 3.69. The van der Waals surface area contributed by atoms with Gasteiger partial charge in [0.05, 0.1) is 16.4 Å². The predicted molar refractivity (Wildman–Crippen MR) is 265 cm³/mol. The third-order valence-electron chi connectivity index (χ3n) is 14.0. The van der Waals surface area contributed by atoms with Crippen LogP contribution in [0.5, 0.6) is 11.5 Å². The van der Waals surface area contributed by atoms with Gasteiger partial charge in [0.25, 0.3) is 0 Å². The zero-order valence-corrected chi connectivity index (χ0v) is 34.7. The Morgan fingerprint density at radius 3 is 1.80 bits per heavy atom. The second-order valence-corrected chi connectivity index (χ2v) is 17.2. The van der Waals surface area contributed by atoms with Gasteiger partial charge in [-0.25, -0.2) is 0 Å². The summed E-state index contributed by atoms with van der Waals surface area (Å²) in [4.78, 5) is 2.40. The lowest BCUT2D eigenvalue weighted by molar-refractivity contribution is 0.435. The summed E-state index contributed by atoms with van der Waals surface area (Å²) in [6, 6.07) is 84.6. The summed E-state index contributed by atoms with van der Waals surface area (Å²) in [7, 11) is 0. The maximum absolute atomic E-state index is 7.13. The van der Waals surface area contributed by atoms with E-state index in [1.807, 2.05) is 0 Å². The first kappa shape index (κ1) is 35.2. The van der Waals surface area contributed by atoms with Gasteiger partial charge < -0.3 is 14.2 Å². The zero-order valence-electron chi connectivity index (χ0n) is 34.7. The fraction of sp³-hybridized carbons (Fsp3) is 0.0164. The lowest BCUT2D eigenvalue weighted by Crippen LogP contribution is -2.36.